The molecule has 6 nitrogen and oxygen atoms in total. The highest BCUT2D eigenvalue weighted by Gasteiger charge is 2.25. The molecule has 0 atom stereocenters. The van der Waals surface area contributed by atoms with Gasteiger partial charge in [0.05, 0.1) is 0 Å². The standard InChI is InChI=1S/C22H22N4O2/c27-22(17-7-4-8-17)24-21-14-13-20(25-26-21)23-18-9-11-19(12-10-18)28-15-16-5-2-1-3-6-16/h1-3,5-6,9-14,17H,4,7-8,15H2,(H,23,25)(H,24,26,27). The maximum atomic E-state index is 11.9. The average Bonchev–Trinajstić information content (AvgIpc) is 2.68. The van der Waals surface area contributed by atoms with Gasteiger partial charge >= 0.3 is 0 Å². The van der Waals surface area contributed by atoms with Gasteiger partial charge in [-0.25, -0.2) is 0 Å². The number of hydrogen-bond donors (Lipinski definition) is 2. The fourth-order valence-corrected chi connectivity index (χ4v) is 2.89. The number of aromatic nitrogens is 2. The van der Waals surface area contributed by atoms with Gasteiger partial charge in [-0.05, 0) is 54.8 Å². The van der Waals surface area contributed by atoms with Gasteiger partial charge in [0, 0.05) is 11.6 Å². The van der Waals surface area contributed by atoms with Crippen molar-refractivity contribution in [2.45, 2.75) is 25.9 Å². The lowest BCUT2D eigenvalue weighted by atomic mass is 9.85. The molecule has 1 aliphatic carbocycles. The summed E-state index contributed by atoms with van der Waals surface area (Å²) < 4.78 is 5.79. The maximum Gasteiger partial charge on any atom is 0.228 e. The Hall–Kier alpha value is -3.41. The number of benzene rings is 2. The van der Waals surface area contributed by atoms with Gasteiger partial charge < -0.3 is 15.4 Å². The average molecular weight is 374 g/mol. The second kappa shape index (κ2) is 8.52. The van der Waals surface area contributed by atoms with E-state index in [1.165, 1.54) is 0 Å². The van der Waals surface area contributed by atoms with E-state index in [0.29, 0.717) is 18.2 Å². The SMILES string of the molecule is O=C(Nc1ccc(Nc2ccc(OCc3ccccc3)cc2)nn1)C1CCC1. The Labute approximate surface area is 164 Å². The molecule has 4 rings (SSSR count). The predicted molar refractivity (Wildman–Crippen MR) is 109 cm³/mol. The van der Waals surface area contributed by atoms with Crippen molar-refractivity contribution < 1.29 is 9.53 Å². The Morgan fingerprint density at radius 2 is 1.64 bits per heavy atom. The van der Waals surface area contributed by atoms with Crippen LogP contribution < -0.4 is 15.4 Å². The van der Waals surface area contributed by atoms with Crippen LogP contribution in [0.3, 0.4) is 0 Å². The Kier molecular flexibility index (Phi) is 5.47. The van der Waals surface area contributed by atoms with Crippen LogP contribution in [0.2, 0.25) is 0 Å². The van der Waals surface area contributed by atoms with E-state index in [1.807, 2.05) is 54.6 Å². The summed E-state index contributed by atoms with van der Waals surface area (Å²) in [5.41, 5.74) is 2.01. The van der Waals surface area contributed by atoms with E-state index in [9.17, 15) is 4.79 Å². The highest BCUT2D eigenvalue weighted by Crippen LogP contribution is 2.27. The van der Waals surface area contributed by atoms with E-state index < -0.39 is 0 Å². The number of carbonyl (C=O) groups is 1. The Bertz CT molecular complexity index is 908. The molecule has 1 fully saturated rings. The summed E-state index contributed by atoms with van der Waals surface area (Å²) in [6.07, 6.45) is 3.05. The Morgan fingerprint density at radius 1 is 0.929 bits per heavy atom. The van der Waals surface area contributed by atoms with Gasteiger partial charge in [-0.15, -0.1) is 10.2 Å². The molecule has 1 saturated carbocycles. The highest BCUT2D eigenvalue weighted by molar-refractivity contribution is 5.92. The lowest BCUT2D eigenvalue weighted by Gasteiger charge is -2.23. The molecular weight excluding hydrogens is 352 g/mol. The molecule has 2 N–H and O–H groups in total. The van der Waals surface area contributed by atoms with E-state index in [2.05, 4.69) is 20.8 Å². The van der Waals surface area contributed by atoms with Gasteiger partial charge in [0.1, 0.15) is 12.4 Å². The summed E-state index contributed by atoms with van der Waals surface area (Å²) in [7, 11) is 0. The van der Waals surface area contributed by atoms with E-state index in [-0.39, 0.29) is 11.8 Å². The van der Waals surface area contributed by atoms with Crippen LogP contribution in [0.5, 0.6) is 5.75 Å². The summed E-state index contributed by atoms with van der Waals surface area (Å²) in [6, 6.07) is 21.3. The molecule has 1 aromatic heterocycles. The van der Waals surface area contributed by atoms with E-state index in [1.54, 1.807) is 12.1 Å². The van der Waals surface area contributed by atoms with E-state index in [4.69, 9.17) is 4.74 Å². The van der Waals surface area contributed by atoms with Gasteiger partial charge in [-0.1, -0.05) is 36.8 Å². The number of hydrogen-bond acceptors (Lipinski definition) is 5. The molecule has 2 aromatic carbocycles. The molecule has 0 radical (unpaired) electrons. The third-order valence-corrected chi connectivity index (χ3v) is 4.77. The summed E-state index contributed by atoms with van der Waals surface area (Å²) in [5, 5.41) is 14.2. The normalized spacial score (nSPS) is 13.4. The van der Waals surface area contributed by atoms with Crippen molar-refractivity contribution in [1.29, 1.82) is 0 Å². The van der Waals surface area contributed by atoms with Crippen LogP contribution in [-0.4, -0.2) is 16.1 Å². The van der Waals surface area contributed by atoms with Crippen molar-refractivity contribution in [3.8, 4) is 5.75 Å². The molecule has 0 spiro atoms. The maximum absolute atomic E-state index is 11.9. The lowest BCUT2D eigenvalue weighted by molar-refractivity contribution is -0.122. The molecule has 0 bridgehead atoms. The zero-order valence-corrected chi connectivity index (χ0v) is 15.5. The first-order valence-electron chi connectivity index (χ1n) is 9.45. The summed E-state index contributed by atoms with van der Waals surface area (Å²) >= 11 is 0. The largest absolute Gasteiger partial charge is 0.489 e. The van der Waals surface area contributed by atoms with Crippen LogP contribution >= 0.6 is 0 Å². The number of ether oxygens (including phenoxy) is 1. The third kappa shape index (κ3) is 4.65. The molecule has 1 aliphatic rings. The Balaban J connectivity index is 1.29. The third-order valence-electron chi connectivity index (χ3n) is 4.77. The minimum atomic E-state index is 0.0346. The summed E-state index contributed by atoms with van der Waals surface area (Å²) in [6.45, 7) is 0.535. The molecule has 3 aromatic rings. The second-order valence-electron chi connectivity index (χ2n) is 6.84. The van der Waals surface area contributed by atoms with Crippen molar-refractivity contribution in [2.24, 2.45) is 5.92 Å². The lowest BCUT2D eigenvalue weighted by Crippen LogP contribution is -2.28. The number of nitrogens with one attached hydrogen (secondary N) is 2. The minimum Gasteiger partial charge on any atom is -0.489 e. The zero-order chi connectivity index (χ0) is 19.2. The number of nitrogens with zero attached hydrogens (tertiary/aromatic N) is 2. The van der Waals surface area contributed by atoms with Crippen LogP contribution in [0.25, 0.3) is 0 Å². The molecule has 0 unspecified atom stereocenters. The molecule has 142 valence electrons. The van der Waals surface area contributed by atoms with Crippen molar-refractivity contribution in [3.05, 3.63) is 72.3 Å². The zero-order valence-electron chi connectivity index (χ0n) is 15.5. The minimum absolute atomic E-state index is 0.0346. The highest BCUT2D eigenvalue weighted by atomic mass is 16.5. The monoisotopic (exact) mass is 374 g/mol. The molecule has 28 heavy (non-hydrogen) atoms. The van der Waals surface area contributed by atoms with Crippen LogP contribution in [0.4, 0.5) is 17.3 Å². The Morgan fingerprint density at radius 3 is 2.29 bits per heavy atom. The topological polar surface area (TPSA) is 76.1 Å². The fraction of sp³-hybridized carbons (Fsp3) is 0.227. The van der Waals surface area contributed by atoms with Gasteiger partial charge in [0.15, 0.2) is 11.6 Å². The number of anilines is 3. The molecule has 0 saturated heterocycles. The predicted octanol–water partition coefficient (Wildman–Crippen LogP) is 4.54. The molecule has 1 heterocycles. The van der Waals surface area contributed by atoms with Crippen molar-refractivity contribution in [1.82, 2.24) is 10.2 Å². The second-order valence-corrected chi connectivity index (χ2v) is 6.84. The first-order chi connectivity index (χ1) is 13.8. The van der Waals surface area contributed by atoms with Gasteiger partial charge in [-0.2, -0.15) is 0 Å². The van der Waals surface area contributed by atoms with Gasteiger partial charge in [0.25, 0.3) is 0 Å². The number of rotatable bonds is 7. The van der Waals surface area contributed by atoms with E-state index in [0.717, 1.165) is 36.3 Å². The molecule has 6 heteroatoms. The number of carbonyl (C=O) groups excluding carboxylic acids is 1. The quantitative estimate of drug-likeness (QED) is 0.635. The first kappa shape index (κ1) is 18.0. The smallest absolute Gasteiger partial charge is 0.228 e. The van der Waals surface area contributed by atoms with Crippen molar-refractivity contribution in [3.63, 3.8) is 0 Å². The number of amides is 1. The van der Waals surface area contributed by atoms with Crippen molar-refractivity contribution in [2.75, 3.05) is 10.6 Å². The van der Waals surface area contributed by atoms with Gasteiger partial charge in [-0.3, -0.25) is 4.79 Å². The van der Waals surface area contributed by atoms with Crippen molar-refractivity contribution >= 4 is 23.2 Å². The fourth-order valence-electron chi connectivity index (χ4n) is 2.89. The van der Waals surface area contributed by atoms with Crippen LogP contribution in [-0.2, 0) is 11.4 Å². The molecule has 1 amide bonds. The van der Waals surface area contributed by atoms with E-state index >= 15 is 0 Å². The van der Waals surface area contributed by atoms with Crippen LogP contribution in [0, 0.1) is 5.92 Å². The first-order valence-corrected chi connectivity index (χ1v) is 9.45. The van der Waals surface area contributed by atoms with Crippen LogP contribution in [0.15, 0.2) is 66.7 Å². The summed E-state index contributed by atoms with van der Waals surface area (Å²) in [4.78, 5) is 11.9. The van der Waals surface area contributed by atoms with Gasteiger partial charge in [0.2, 0.25) is 5.91 Å². The van der Waals surface area contributed by atoms with Crippen LogP contribution in [0.1, 0.15) is 24.8 Å². The molecule has 0 aliphatic heterocycles. The summed E-state index contributed by atoms with van der Waals surface area (Å²) in [5.74, 6) is 2.05. The molecular formula is C22H22N4O2.